The van der Waals surface area contributed by atoms with E-state index in [-0.39, 0.29) is 12.5 Å². The Balaban J connectivity index is 2.52. The van der Waals surface area contributed by atoms with Crippen molar-refractivity contribution < 1.29 is 14.6 Å². The Morgan fingerprint density at radius 3 is 2.65 bits per heavy atom. The molecule has 112 valence electrons. The zero-order chi connectivity index (χ0) is 15.0. The Labute approximate surface area is 121 Å². The molecule has 2 N–H and O–H groups in total. The maximum Gasteiger partial charge on any atom is 0.260 e. The molecule has 1 unspecified atom stereocenters. The predicted octanol–water partition coefficient (Wildman–Crippen LogP) is 2.15. The van der Waals surface area contributed by atoms with Crippen LogP contribution in [0.2, 0.25) is 0 Å². The highest BCUT2D eigenvalue weighted by Gasteiger charge is 2.15. The zero-order valence-electron chi connectivity index (χ0n) is 12.6. The first-order valence-electron chi connectivity index (χ1n) is 7.17. The van der Waals surface area contributed by atoms with E-state index in [4.69, 9.17) is 9.84 Å². The van der Waals surface area contributed by atoms with Crippen molar-refractivity contribution in [2.75, 3.05) is 13.2 Å². The van der Waals surface area contributed by atoms with E-state index in [0.717, 1.165) is 12.0 Å². The molecule has 4 heteroatoms. The van der Waals surface area contributed by atoms with Crippen LogP contribution in [0.3, 0.4) is 0 Å². The summed E-state index contributed by atoms with van der Waals surface area (Å²) < 4.78 is 5.69. The van der Waals surface area contributed by atoms with Crippen LogP contribution in [-0.4, -0.2) is 30.3 Å². The molecule has 0 radical (unpaired) electrons. The fourth-order valence-corrected chi connectivity index (χ4v) is 1.82. The van der Waals surface area contributed by atoms with Gasteiger partial charge in [-0.1, -0.05) is 32.0 Å². The molecule has 20 heavy (non-hydrogen) atoms. The van der Waals surface area contributed by atoms with Gasteiger partial charge in [0.05, 0.1) is 0 Å². The molecule has 0 aromatic heterocycles. The summed E-state index contributed by atoms with van der Waals surface area (Å²) in [6.07, 6.45) is 0.944. The first kappa shape index (κ1) is 16.5. The monoisotopic (exact) mass is 279 g/mol. The highest BCUT2D eigenvalue weighted by Crippen LogP contribution is 2.19. The van der Waals surface area contributed by atoms with Crippen LogP contribution in [0.5, 0.6) is 5.75 Å². The van der Waals surface area contributed by atoms with Gasteiger partial charge in [0, 0.05) is 13.2 Å². The van der Waals surface area contributed by atoms with Gasteiger partial charge in [-0.15, -0.1) is 0 Å². The van der Waals surface area contributed by atoms with Crippen molar-refractivity contribution in [2.45, 2.75) is 39.7 Å². The predicted molar refractivity (Wildman–Crippen MR) is 79.8 cm³/mol. The summed E-state index contributed by atoms with van der Waals surface area (Å²) in [6, 6.07) is 7.47. The maximum absolute atomic E-state index is 11.9. The van der Waals surface area contributed by atoms with Crippen LogP contribution >= 0.6 is 0 Å². The summed E-state index contributed by atoms with van der Waals surface area (Å²) in [5, 5.41) is 11.9. The lowest BCUT2D eigenvalue weighted by atomic mass is 10.1. The number of amides is 1. The fraction of sp³-hybridized carbons (Fsp3) is 0.562. The Morgan fingerprint density at radius 1 is 1.30 bits per heavy atom. The number of ether oxygens (including phenoxy) is 1. The third-order valence-corrected chi connectivity index (χ3v) is 3.05. The van der Waals surface area contributed by atoms with E-state index in [1.807, 2.05) is 24.3 Å². The van der Waals surface area contributed by atoms with Crippen molar-refractivity contribution in [3.8, 4) is 5.75 Å². The number of carbonyl (C=O) groups excluding carboxylic acids is 1. The smallest absolute Gasteiger partial charge is 0.260 e. The number of rotatable bonds is 8. The van der Waals surface area contributed by atoms with Crippen LogP contribution in [0.1, 0.15) is 32.8 Å². The van der Waals surface area contributed by atoms with E-state index < -0.39 is 6.10 Å². The Bertz CT molecular complexity index is 418. The molecule has 0 bridgehead atoms. The second kappa shape index (κ2) is 8.59. The molecule has 1 atom stereocenters. The molecule has 1 aromatic rings. The minimum atomic E-state index is -0.540. The first-order chi connectivity index (χ1) is 9.54. The summed E-state index contributed by atoms with van der Waals surface area (Å²) >= 11 is 0. The van der Waals surface area contributed by atoms with Crippen LogP contribution in [0.25, 0.3) is 0 Å². The van der Waals surface area contributed by atoms with E-state index in [9.17, 15) is 4.79 Å². The van der Waals surface area contributed by atoms with Crippen LogP contribution in [-0.2, 0) is 11.2 Å². The number of nitrogens with one attached hydrogen (secondary N) is 1. The van der Waals surface area contributed by atoms with E-state index >= 15 is 0 Å². The minimum Gasteiger partial charge on any atom is -0.481 e. The van der Waals surface area contributed by atoms with Crippen LogP contribution < -0.4 is 10.1 Å². The molecule has 0 aliphatic heterocycles. The number of aliphatic hydroxyl groups is 1. The highest BCUT2D eigenvalue weighted by molar-refractivity contribution is 5.80. The number of aliphatic hydroxyl groups excluding tert-OH is 1. The van der Waals surface area contributed by atoms with Gasteiger partial charge in [-0.25, -0.2) is 0 Å². The second-order valence-corrected chi connectivity index (χ2v) is 5.31. The molecule has 0 heterocycles. The molecular formula is C16H25NO3. The van der Waals surface area contributed by atoms with Crippen molar-refractivity contribution >= 4 is 5.91 Å². The Kier molecular flexibility index (Phi) is 7.09. The number of hydrogen-bond donors (Lipinski definition) is 2. The molecule has 1 rings (SSSR count). The molecule has 4 nitrogen and oxygen atoms in total. The number of carbonyl (C=O) groups is 1. The van der Waals surface area contributed by atoms with Gasteiger partial charge in [-0.05, 0) is 37.3 Å². The molecule has 0 fully saturated rings. The second-order valence-electron chi connectivity index (χ2n) is 5.31. The molecule has 0 spiro atoms. The van der Waals surface area contributed by atoms with Gasteiger partial charge in [-0.2, -0.15) is 0 Å². The Hall–Kier alpha value is -1.55. The van der Waals surface area contributed by atoms with Gasteiger partial charge in [0.15, 0.2) is 6.10 Å². The summed E-state index contributed by atoms with van der Waals surface area (Å²) in [7, 11) is 0. The fourth-order valence-electron chi connectivity index (χ4n) is 1.82. The van der Waals surface area contributed by atoms with E-state index in [0.29, 0.717) is 24.6 Å². The maximum atomic E-state index is 11.9. The topological polar surface area (TPSA) is 58.6 Å². The first-order valence-corrected chi connectivity index (χ1v) is 7.17. The quantitative estimate of drug-likeness (QED) is 0.766. The van der Waals surface area contributed by atoms with Gasteiger partial charge in [0.25, 0.3) is 5.91 Å². The molecular weight excluding hydrogens is 254 g/mol. The molecule has 1 aromatic carbocycles. The minimum absolute atomic E-state index is 0.0648. The van der Waals surface area contributed by atoms with Gasteiger partial charge < -0.3 is 15.2 Å². The average Bonchev–Trinajstić information content (AvgIpc) is 2.40. The lowest BCUT2D eigenvalue weighted by molar-refractivity contribution is -0.127. The number of para-hydroxylation sites is 1. The summed E-state index contributed by atoms with van der Waals surface area (Å²) in [5.74, 6) is 1.12. The van der Waals surface area contributed by atoms with E-state index in [1.165, 1.54) is 0 Å². The van der Waals surface area contributed by atoms with Gasteiger partial charge in [0.1, 0.15) is 5.75 Å². The van der Waals surface area contributed by atoms with E-state index in [2.05, 4.69) is 19.2 Å². The average molecular weight is 279 g/mol. The molecule has 0 saturated heterocycles. The largest absolute Gasteiger partial charge is 0.481 e. The van der Waals surface area contributed by atoms with Crippen molar-refractivity contribution in [1.82, 2.24) is 5.32 Å². The number of hydrogen-bond acceptors (Lipinski definition) is 3. The van der Waals surface area contributed by atoms with E-state index in [1.54, 1.807) is 6.92 Å². The van der Waals surface area contributed by atoms with Crippen molar-refractivity contribution in [2.24, 2.45) is 5.92 Å². The third-order valence-electron chi connectivity index (χ3n) is 3.05. The van der Waals surface area contributed by atoms with Gasteiger partial charge in [-0.3, -0.25) is 4.79 Å². The zero-order valence-corrected chi connectivity index (χ0v) is 12.6. The summed E-state index contributed by atoms with van der Waals surface area (Å²) in [6.45, 7) is 6.71. The van der Waals surface area contributed by atoms with Crippen molar-refractivity contribution in [3.63, 3.8) is 0 Å². The molecule has 0 saturated carbocycles. The van der Waals surface area contributed by atoms with Gasteiger partial charge in [0.2, 0.25) is 0 Å². The van der Waals surface area contributed by atoms with Gasteiger partial charge >= 0.3 is 0 Å². The van der Waals surface area contributed by atoms with Crippen molar-refractivity contribution in [3.05, 3.63) is 29.8 Å². The van der Waals surface area contributed by atoms with Crippen LogP contribution in [0.15, 0.2) is 24.3 Å². The Morgan fingerprint density at radius 2 is 2.00 bits per heavy atom. The molecule has 0 aliphatic rings. The highest BCUT2D eigenvalue weighted by atomic mass is 16.5. The SMILES string of the molecule is CC(C)CCNC(=O)C(C)Oc1ccccc1CCO. The normalized spacial score (nSPS) is 12.2. The summed E-state index contributed by atoms with van der Waals surface area (Å²) in [4.78, 5) is 11.9. The van der Waals surface area contributed by atoms with Crippen LogP contribution in [0.4, 0.5) is 0 Å². The van der Waals surface area contributed by atoms with Crippen LogP contribution in [0, 0.1) is 5.92 Å². The third kappa shape index (κ3) is 5.61. The molecule has 0 aliphatic carbocycles. The standard InChI is InChI=1S/C16H25NO3/c1-12(2)8-10-17-16(19)13(3)20-15-7-5-4-6-14(15)9-11-18/h4-7,12-13,18H,8-11H2,1-3H3,(H,17,19). The number of benzene rings is 1. The lowest BCUT2D eigenvalue weighted by Gasteiger charge is -2.17. The molecule has 1 amide bonds. The summed E-state index contributed by atoms with van der Waals surface area (Å²) in [5.41, 5.74) is 0.914. The lowest BCUT2D eigenvalue weighted by Crippen LogP contribution is -2.37. The van der Waals surface area contributed by atoms with Crippen molar-refractivity contribution in [1.29, 1.82) is 0 Å².